The summed E-state index contributed by atoms with van der Waals surface area (Å²) in [5.74, 6) is -0.325. The van der Waals surface area contributed by atoms with Crippen LogP contribution in [0.15, 0.2) is 72.8 Å². The minimum absolute atomic E-state index is 0.0513. The van der Waals surface area contributed by atoms with E-state index in [-0.39, 0.29) is 11.6 Å². The maximum absolute atomic E-state index is 12.4. The molecular weight excluding hydrogens is 380 g/mol. The number of fused-ring (bicyclic) bond motifs is 3. The summed E-state index contributed by atoms with van der Waals surface area (Å²) in [6, 6.07) is 21.3. The van der Waals surface area contributed by atoms with Crippen molar-refractivity contribution in [3.8, 4) is 22.5 Å². The first kappa shape index (κ1) is 17.8. The van der Waals surface area contributed by atoms with Gasteiger partial charge in [-0.1, -0.05) is 36.4 Å². The quantitative estimate of drug-likeness (QED) is 0.336. The zero-order valence-corrected chi connectivity index (χ0v) is 15.8. The van der Waals surface area contributed by atoms with Gasteiger partial charge >= 0.3 is 0 Å². The molecule has 1 aliphatic rings. The molecule has 3 aromatic carbocycles. The molecule has 0 saturated heterocycles. The molecule has 1 amide bonds. The van der Waals surface area contributed by atoms with Crippen molar-refractivity contribution in [1.82, 2.24) is 10.2 Å². The standard InChI is InChI=1S/C23H16N4O3/c28-23(15-7-11-18(12-8-15)27(29)30)24-17-9-5-14(6-10-17)21-20-13-16-3-1-2-4-19(16)22(20)26-25-21/h1-12H,13H2,(H,24,28)(H,25,26). The molecule has 1 aromatic heterocycles. The van der Waals surface area contributed by atoms with Crippen molar-refractivity contribution in [2.75, 3.05) is 5.32 Å². The highest BCUT2D eigenvalue weighted by atomic mass is 16.6. The lowest BCUT2D eigenvalue weighted by Gasteiger charge is -2.07. The number of H-pyrrole nitrogens is 1. The molecule has 1 aliphatic carbocycles. The average molecular weight is 396 g/mol. The number of nitrogens with zero attached hydrogens (tertiary/aromatic N) is 2. The molecule has 0 saturated carbocycles. The van der Waals surface area contributed by atoms with Gasteiger partial charge in [-0.15, -0.1) is 0 Å². The lowest BCUT2D eigenvalue weighted by Crippen LogP contribution is -2.11. The Bertz CT molecular complexity index is 1270. The van der Waals surface area contributed by atoms with Gasteiger partial charge in [0, 0.05) is 46.5 Å². The van der Waals surface area contributed by atoms with Crippen molar-refractivity contribution in [2.24, 2.45) is 0 Å². The molecule has 7 heteroatoms. The molecule has 1 heterocycles. The molecule has 0 unspecified atom stereocenters. The van der Waals surface area contributed by atoms with Gasteiger partial charge in [0.15, 0.2) is 0 Å². The van der Waals surface area contributed by atoms with Crippen molar-refractivity contribution in [3.05, 3.63) is 99.6 Å². The van der Waals surface area contributed by atoms with Gasteiger partial charge in [-0.3, -0.25) is 20.0 Å². The number of carbonyl (C=O) groups is 1. The summed E-state index contributed by atoms with van der Waals surface area (Å²) in [4.78, 5) is 22.6. The second-order valence-corrected chi connectivity index (χ2v) is 7.10. The van der Waals surface area contributed by atoms with Gasteiger partial charge in [0.05, 0.1) is 16.3 Å². The average Bonchev–Trinajstić information content (AvgIpc) is 3.34. The summed E-state index contributed by atoms with van der Waals surface area (Å²) in [5, 5.41) is 21.2. The Hall–Kier alpha value is -4.26. The lowest BCUT2D eigenvalue weighted by atomic mass is 10.1. The molecule has 30 heavy (non-hydrogen) atoms. The smallest absolute Gasteiger partial charge is 0.269 e. The molecule has 0 bridgehead atoms. The normalized spacial score (nSPS) is 11.6. The van der Waals surface area contributed by atoms with Crippen molar-refractivity contribution in [1.29, 1.82) is 0 Å². The largest absolute Gasteiger partial charge is 0.322 e. The van der Waals surface area contributed by atoms with Crippen LogP contribution in [0.4, 0.5) is 11.4 Å². The lowest BCUT2D eigenvalue weighted by molar-refractivity contribution is -0.384. The highest BCUT2D eigenvalue weighted by Gasteiger charge is 2.24. The maximum Gasteiger partial charge on any atom is 0.269 e. The molecule has 0 spiro atoms. The molecular formula is C23H16N4O3. The van der Waals surface area contributed by atoms with E-state index in [0.29, 0.717) is 11.3 Å². The highest BCUT2D eigenvalue weighted by Crippen LogP contribution is 2.39. The molecule has 0 fully saturated rings. The number of non-ortho nitro benzene ring substituents is 1. The molecule has 0 aliphatic heterocycles. The second kappa shape index (κ2) is 6.97. The van der Waals surface area contributed by atoms with Crippen molar-refractivity contribution >= 4 is 17.3 Å². The second-order valence-electron chi connectivity index (χ2n) is 7.10. The van der Waals surface area contributed by atoms with Crippen LogP contribution < -0.4 is 5.32 Å². The number of aromatic amines is 1. The Morgan fingerprint density at radius 2 is 1.73 bits per heavy atom. The van der Waals surface area contributed by atoms with Crippen molar-refractivity contribution in [2.45, 2.75) is 6.42 Å². The zero-order valence-electron chi connectivity index (χ0n) is 15.8. The Morgan fingerprint density at radius 1 is 1.00 bits per heavy atom. The van der Waals surface area contributed by atoms with E-state index in [4.69, 9.17) is 0 Å². The number of rotatable bonds is 4. The van der Waals surface area contributed by atoms with Crippen LogP contribution in [0.25, 0.3) is 22.5 Å². The fraction of sp³-hybridized carbons (Fsp3) is 0.0435. The minimum Gasteiger partial charge on any atom is -0.322 e. The van der Waals surface area contributed by atoms with Gasteiger partial charge in [-0.25, -0.2) is 0 Å². The molecule has 2 N–H and O–H groups in total. The maximum atomic E-state index is 12.4. The van der Waals surface area contributed by atoms with E-state index >= 15 is 0 Å². The Morgan fingerprint density at radius 3 is 2.47 bits per heavy atom. The summed E-state index contributed by atoms with van der Waals surface area (Å²) in [6.45, 7) is 0. The molecule has 7 nitrogen and oxygen atoms in total. The van der Waals surface area contributed by atoms with E-state index < -0.39 is 4.92 Å². The van der Waals surface area contributed by atoms with Gasteiger partial charge in [-0.2, -0.15) is 5.10 Å². The van der Waals surface area contributed by atoms with Gasteiger partial charge in [-0.05, 0) is 29.8 Å². The van der Waals surface area contributed by atoms with Crippen LogP contribution in [0.3, 0.4) is 0 Å². The van der Waals surface area contributed by atoms with E-state index in [1.54, 1.807) is 0 Å². The van der Waals surface area contributed by atoms with E-state index in [1.807, 2.05) is 36.4 Å². The predicted octanol–water partition coefficient (Wildman–Crippen LogP) is 4.81. The number of anilines is 1. The summed E-state index contributed by atoms with van der Waals surface area (Å²) >= 11 is 0. The number of amides is 1. The van der Waals surface area contributed by atoms with Crippen molar-refractivity contribution in [3.63, 3.8) is 0 Å². The summed E-state index contributed by atoms with van der Waals surface area (Å²) in [5.41, 5.74) is 7.54. The van der Waals surface area contributed by atoms with Crippen LogP contribution >= 0.6 is 0 Å². The van der Waals surface area contributed by atoms with E-state index in [1.165, 1.54) is 41.0 Å². The Labute approximate surface area is 171 Å². The Kier molecular flexibility index (Phi) is 4.14. The number of nitro groups is 1. The third-order valence-electron chi connectivity index (χ3n) is 5.28. The summed E-state index contributed by atoms with van der Waals surface area (Å²) in [6.07, 6.45) is 0.843. The van der Waals surface area contributed by atoms with Gasteiger partial charge in [0.2, 0.25) is 0 Å². The topological polar surface area (TPSA) is 101 Å². The van der Waals surface area contributed by atoms with Crippen LogP contribution in [-0.4, -0.2) is 21.0 Å². The first-order valence-electron chi connectivity index (χ1n) is 9.42. The number of nitrogens with one attached hydrogen (secondary N) is 2. The fourth-order valence-electron chi connectivity index (χ4n) is 3.76. The predicted molar refractivity (Wildman–Crippen MR) is 113 cm³/mol. The van der Waals surface area contributed by atoms with Crippen LogP contribution in [0.1, 0.15) is 21.5 Å². The molecule has 0 radical (unpaired) electrons. The van der Waals surface area contributed by atoms with Crippen LogP contribution in [0.5, 0.6) is 0 Å². The first-order chi connectivity index (χ1) is 14.6. The molecule has 146 valence electrons. The molecule has 0 atom stereocenters. The van der Waals surface area contributed by atoms with Crippen molar-refractivity contribution < 1.29 is 9.72 Å². The first-order valence-corrected chi connectivity index (χ1v) is 9.42. The van der Waals surface area contributed by atoms with Crippen LogP contribution in [0, 0.1) is 10.1 Å². The van der Waals surface area contributed by atoms with Crippen LogP contribution in [0.2, 0.25) is 0 Å². The zero-order chi connectivity index (χ0) is 20.7. The molecule has 5 rings (SSSR count). The Balaban J connectivity index is 1.34. The SMILES string of the molecule is O=C(Nc1ccc(-c2n[nH]c3c2Cc2ccccc2-3)cc1)c1ccc([N+](=O)[O-])cc1. The minimum atomic E-state index is -0.495. The summed E-state index contributed by atoms with van der Waals surface area (Å²) < 4.78 is 0. The monoisotopic (exact) mass is 396 g/mol. The number of hydrogen-bond donors (Lipinski definition) is 2. The molecule has 4 aromatic rings. The number of carbonyl (C=O) groups excluding carboxylic acids is 1. The van der Waals surface area contributed by atoms with Crippen LogP contribution in [-0.2, 0) is 6.42 Å². The number of benzene rings is 3. The highest BCUT2D eigenvalue weighted by molar-refractivity contribution is 6.04. The van der Waals surface area contributed by atoms with E-state index in [2.05, 4.69) is 27.6 Å². The van der Waals surface area contributed by atoms with Gasteiger partial charge in [0.25, 0.3) is 11.6 Å². The fourth-order valence-corrected chi connectivity index (χ4v) is 3.76. The number of nitro benzene ring substituents is 1. The number of hydrogen-bond acceptors (Lipinski definition) is 4. The summed E-state index contributed by atoms with van der Waals surface area (Å²) in [7, 11) is 0. The van der Waals surface area contributed by atoms with Gasteiger partial charge < -0.3 is 5.32 Å². The third-order valence-corrected chi connectivity index (χ3v) is 5.28. The van der Waals surface area contributed by atoms with E-state index in [9.17, 15) is 14.9 Å². The van der Waals surface area contributed by atoms with Gasteiger partial charge in [0.1, 0.15) is 0 Å². The number of aromatic nitrogens is 2. The third kappa shape index (κ3) is 3.02. The van der Waals surface area contributed by atoms with E-state index in [0.717, 1.165) is 23.4 Å².